The lowest BCUT2D eigenvalue weighted by Gasteiger charge is -2.06. The molecule has 0 amide bonds. The van der Waals surface area contributed by atoms with Crippen molar-refractivity contribution in [3.8, 4) is 28.0 Å². The summed E-state index contributed by atoms with van der Waals surface area (Å²) in [5.74, 6) is 0.295. The van der Waals surface area contributed by atoms with E-state index in [-0.39, 0.29) is 0 Å². The van der Waals surface area contributed by atoms with E-state index >= 15 is 0 Å². The van der Waals surface area contributed by atoms with E-state index in [1.807, 2.05) is 12.1 Å². The first-order chi connectivity index (χ1) is 9.72. The molecule has 0 aliphatic heterocycles. The van der Waals surface area contributed by atoms with E-state index < -0.39 is 0 Å². The van der Waals surface area contributed by atoms with Crippen molar-refractivity contribution in [3.05, 3.63) is 78.4 Å². The molecule has 0 radical (unpaired) electrons. The molecule has 0 saturated carbocycles. The maximum absolute atomic E-state index is 9.36. The molecule has 3 aromatic rings. The van der Waals surface area contributed by atoms with Gasteiger partial charge in [0.2, 0.25) is 0 Å². The molecular weight excluding hydrogens is 244 g/mol. The number of hydrogen-bond acceptors (Lipinski definition) is 1. The standard InChI is InChI=1S/C19H16O/c1-14-5-7-15(8-6-14)17-3-2-4-18(13-17)16-9-11-19(20)12-10-16/h2-13,20H,1H3. The third-order valence-electron chi connectivity index (χ3n) is 3.45. The van der Waals surface area contributed by atoms with Gasteiger partial charge in [-0.1, -0.05) is 60.2 Å². The van der Waals surface area contributed by atoms with Gasteiger partial charge in [-0.2, -0.15) is 0 Å². The van der Waals surface area contributed by atoms with E-state index in [2.05, 4.69) is 55.5 Å². The van der Waals surface area contributed by atoms with E-state index in [0.717, 1.165) is 11.1 Å². The molecule has 0 heterocycles. The summed E-state index contributed by atoms with van der Waals surface area (Å²) in [6, 6.07) is 24.3. The number of benzene rings is 3. The van der Waals surface area contributed by atoms with Gasteiger partial charge < -0.3 is 5.11 Å². The molecule has 0 saturated heterocycles. The molecule has 1 heteroatoms. The molecule has 3 rings (SSSR count). The van der Waals surface area contributed by atoms with Crippen LogP contribution in [0, 0.1) is 6.92 Å². The Morgan fingerprint density at radius 3 is 1.65 bits per heavy atom. The lowest BCUT2D eigenvalue weighted by molar-refractivity contribution is 0.475. The van der Waals surface area contributed by atoms with Gasteiger partial charge in [0.25, 0.3) is 0 Å². The summed E-state index contributed by atoms with van der Waals surface area (Å²) in [5.41, 5.74) is 5.95. The van der Waals surface area contributed by atoms with Crippen molar-refractivity contribution in [2.24, 2.45) is 0 Å². The number of aromatic hydroxyl groups is 1. The van der Waals surface area contributed by atoms with Crippen molar-refractivity contribution in [1.82, 2.24) is 0 Å². The molecule has 0 atom stereocenters. The molecule has 0 aliphatic carbocycles. The third-order valence-corrected chi connectivity index (χ3v) is 3.45. The average Bonchev–Trinajstić information content (AvgIpc) is 2.49. The van der Waals surface area contributed by atoms with Gasteiger partial charge in [-0.05, 0) is 47.4 Å². The van der Waals surface area contributed by atoms with Gasteiger partial charge in [0, 0.05) is 0 Å². The van der Waals surface area contributed by atoms with Gasteiger partial charge in [-0.25, -0.2) is 0 Å². The Labute approximate surface area is 119 Å². The van der Waals surface area contributed by atoms with Crippen LogP contribution in [0.5, 0.6) is 5.75 Å². The van der Waals surface area contributed by atoms with Gasteiger partial charge in [-0.15, -0.1) is 0 Å². The van der Waals surface area contributed by atoms with Crippen LogP contribution in [0.15, 0.2) is 72.8 Å². The molecule has 0 fully saturated rings. The molecular formula is C19H16O. The van der Waals surface area contributed by atoms with Crippen molar-refractivity contribution in [1.29, 1.82) is 0 Å². The Kier molecular flexibility index (Phi) is 3.26. The number of aryl methyl sites for hydroxylation is 1. The summed E-state index contributed by atoms with van der Waals surface area (Å²) in [6.07, 6.45) is 0. The van der Waals surface area contributed by atoms with Crippen LogP contribution in [-0.4, -0.2) is 5.11 Å². The van der Waals surface area contributed by atoms with Gasteiger partial charge in [0.1, 0.15) is 5.75 Å². The largest absolute Gasteiger partial charge is 0.508 e. The van der Waals surface area contributed by atoms with Crippen LogP contribution in [0.2, 0.25) is 0 Å². The highest BCUT2D eigenvalue weighted by molar-refractivity contribution is 5.73. The first-order valence-corrected chi connectivity index (χ1v) is 6.69. The van der Waals surface area contributed by atoms with Gasteiger partial charge in [0.15, 0.2) is 0 Å². The zero-order chi connectivity index (χ0) is 13.9. The predicted octanol–water partition coefficient (Wildman–Crippen LogP) is 5.03. The Morgan fingerprint density at radius 2 is 1.10 bits per heavy atom. The fraction of sp³-hybridized carbons (Fsp3) is 0.0526. The second-order valence-electron chi connectivity index (χ2n) is 4.99. The first-order valence-electron chi connectivity index (χ1n) is 6.69. The number of rotatable bonds is 2. The minimum absolute atomic E-state index is 0.295. The number of phenolic OH excluding ortho intramolecular Hbond substituents is 1. The van der Waals surface area contributed by atoms with E-state index in [1.54, 1.807) is 12.1 Å². The van der Waals surface area contributed by atoms with Gasteiger partial charge in [-0.3, -0.25) is 0 Å². The SMILES string of the molecule is Cc1ccc(-c2cccc(-c3ccc(O)cc3)c2)cc1. The minimum atomic E-state index is 0.295. The van der Waals surface area contributed by atoms with Crippen LogP contribution >= 0.6 is 0 Å². The van der Waals surface area contributed by atoms with Crippen LogP contribution in [0.3, 0.4) is 0 Å². The molecule has 0 spiro atoms. The van der Waals surface area contributed by atoms with Crippen LogP contribution < -0.4 is 0 Å². The Bertz CT molecular complexity index is 649. The normalized spacial score (nSPS) is 10.4. The fourth-order valence-corrected chi connectivity index (χ4v) is 2.28. The van der Waals surface area contributed by atoms with Crippen LogP contribution in [0.1, 0.15) is 5.56 Å². The summed E-state index contributed by atoms with van der Waals surface area (Å²) in [4.78, 5) is 0. The quantitative estimate of drug-likeness (QED) is 0.684. The highest BCUT2D eigenvalue weighted by Gasteiger charge is 2.01. The monoisotopic (exact) mass is 260 g/mol. The number of hydrogen-bond donors (Lipinski definition) is 1. The van der Waals surface area contributed by atoms with E-state index in [9.17, 15) is 5.11 Å². The first kappa shape index (κ1) is 12.5. The summed E-state index contributed by atoms with van der Waals surface area (Å²) in [6.45, 7) is 2.09. The zero-order valence-electron chi connectivity index (χ0n) is 11.4. The van der Waals surface area contributed by atoms with Gasteiger partial charge in [0.05, 0.1) is 0 Å². The lowest BCUT2D eigenvalue weighted by Crippen LogP contribution is -1.81. The minimum Gasteiger partial charge on any atom is -0.508 e. The highest BCUT2D eigenvalue weighted by Crippen LogP contribution is 2.27. The summed E-state index contributed by atoms with van der Waals surface area (Å²) >= 11 is 0. The van der Waals surface area contributed by atoms with Gasteiger partial charge >= 0.3 is 0 Å². The zero-order valence-corrected chi connectivity index (χ0v) is 11.4. The molecule has 3 aromatic carbocycles. The van der Waals surface area contributed by atoms with Crippen LogP contribution in [0.25, 0.3) is 22.3 Å². The second-order valence-corrected chi connectivity index (χ2v) is 4.99. The molecule has 0 bridgehead atoms. The lowest BCUT2D eigenvalue weighted by atomic mass is 9.98. The average molecular weight is 260 g/mol. The molecule has 0 aliphatic rings. The van der Waals surface area contributed by atoms with Crippen molar-refractivity contribution in [3.63, 3.8) is 0 Å². The Hall–Kier alpha value is -2.54. The van der Waals surface area contributed by atoms with Crippen molar-refractivity contribution in [2.75, 3.05) is 0 Å². The molecule has 1 nitrogen and oxygen atoms in total. The molecule has 98 valence electrons. The Morgan fingerprint density at radius 1 is 0.600 bits per heavy atom. The van der Waals surface area contributed by atoms with Crippen LogP contribution in [0.4, 0.5) is 0 Å². The molecule has 0 aromatic heterocycles. The smallest absolute Gasteiger partial charge is 0.115 e. The second kappa shape index (κ2) is 5.22. The van der Waals surface area contributed by atoms with Crippen molar-refractivity contribution >= 4 is 0 Å². The summed E-state index contributed by atoms with van der Waals surface area (Å²) in [5, 5.41) is 9.36. The maximum Gasteiger partial charge on any atom is 0.115 e. The predicted molar refractivity (Wildman–Crippen MR) is 83.7 cm³/mol. The summed E-state index contributed by atoms with van der Waals surface area (Å²) in [7, 11) is 0. The Balaban J connectivity index is 2.01. The van der Waals surface area contributed by atoms with Crippen LogP contribution in [-0.2, 0) is 0 Å². The molecule has 0 unspecified atom stereocenters. The topological polar surface area (TPSA) is 20.2 Å². The van der Waals surface area contributed by atoms with Crippen molar-refractivity contribution < 1.29 is 5.11 Å². The fourth-order valence-electron chi connectivity index (χ4n) is 2.28. The number of phenols is 1. The molecule has 20 heavy (non-hydrogen) atoms. The van der Waals surface area contributed by atoms with Crippen molar-refractivity contribution in [2.45, 2.75) is 6.92 Å². The van der Waals surface area contributed by atoms with E-state index in [1.165, 1.54) is 16.7 Å². The van der Waals surface area contributed by atoms with E-state index in [0.29, 0.717) is 5.75 Å². The maximum atomic E-state index is 9.36. The van der Waals surface area contributed by atoms with E-state index in [4.69, 9.17) is 0 Å². The highest BCUT2D eigenvalue weighted by atomic mass is 16.3. The summed E-state index contributed by atoms with van der Waals surface area (Å²) < 4.78 is 0. The molecule has 1 N–H and O–H groups in total. The third kappa shape index (κ3) is 2.57.